The molecule has 4 atom stereocenters. The molecule has 12 heteroatoms. The van der Waals surface area contributed by atoms with Crippen molar-refractivity contribution in [1.82, 2.24) is 10.0 Å². The zero-order valence-electron chi connectivity index (χ0n) is 25.2. The Balaban J connectivity index is 1.19. The molecule has 11 nitrogen and oxygen atoms in total. The lowest BCUT2D eigenvalue weighted by molar-refractivity contribution is -0.136. The van der Waals surface area contributed by atoms with Gasteiger partial charge in [0.15, 0.2) is 12.1 Å². The smallest absolute Gasteiger partial charge is 0.264 e. The summed E-state index contributed by atoms with van der Waals surface area (Å²) in [4.78, 5) is 41.6. The number of allylic oxidation sites excluding steroid dienone is 1. The Morgan fingerprint density at radius 1 is 0.957 bits per heavy atom. The van der Waals surface area contributed by atoms with Gasteiger partial charge in [0.25, 0.3) is 17.7 Å². The molecule has 46 heavy (non-hydrogen) atoms. The summed E-state index contributed by atoms with van der Waals surface area (Å²) < 4.78 is 24.6. The number of hydrazone groups is 1. The summed E-state index contributed by atoms with van der Waals surface area (Å²) in [6, 6.07) is 18.0. The molecule has 1 saturated carbocycles. The normalized spacial score (nSPS) is 24.4. The van der Waals surface area contributed by atoms with Crippen LogP contribution in [0.3, 0.4) is 0 Å². The maximum Gasteiger partial charge on any atom is 0.264 e. The highest BCUT2D eigenvalue weighted by Gasteiger charge is 2.55. The minimum atomic E-state index is -1.12. The van der Waals surface area contributed by atoms with Crippen LogP contribution >= 0.6 is 0 Å². The van der Waals surface area contributed by atoms with Gasteiger partial charge in [0, 0.05) is 5.92 Å². The third kappa shape index (κ3) is 5.09. The molecular weight excluding hydrogens is 591 g/mol. The Hall–Kier alpha value is -5.39. The van der Waals surface area contributed by atoms with Gasteiger partial charge in [0.05, 0.1) is 31.7 Å². The number of methoxy groups -OCH3 is 2. The van der Waals surface area contributed by atoms with E-state index in [1.54, 1.807) is 14.2 Å². The number of hydrogen-bond acceptors (Lipinski definition) is 9. The molecule has 3 aliphatic heterocycles. The Morgan fingerprint density at radius 2 is 1.67 bits per heavy atom. The SMILES string of the molecule is COc1ccc(/C=C2\CCC[C@@H]3C2=NN(C(=O)CN2N=N[C@@H]4C(=O)N(c5cccc(F)c5)C(=O)[C@@H]42)[C@H]3c2ccc(OC)cc2)cc1. The number of fused-ring (bicyclic) bond motifs is 2. The highest BCUT2D eigenvalue weighted by atomic mass is 19.1. The summed E-state index contributed by atoms with van der Waals surface area (Å²) >= 11 is 0. The first-order valence-corrected chi connectivity index (χ1v) is 15.1. The zero-order valence-corrected chi connectivity index (χ0v) is 25.2. The second-order valence-electron chi connectivity index (χ2n) is 11.6. The van der Waals surface area contributed by atoms with Gasteiger partial charge in [0.1, 0.15) is 23.9 Å². The number of halogens is 1. The van der Waals surface area contributed by atoms with Gasteiger partial charge in [-0.05, 0) is 84.5 Å². The van der Waals surface area contributed by atoms with Crippen LogP contribution in [0.4, 0.5) is 10.1 Å². The molecule has 3 aromatic rings. The van der Waals surface area contributed by atoms with Crippen molar-refractivity contribution in [2.24, 2.45) is 21.4 Å². The van der Waals surface area contributed by atoms with Crippen LogP contribution in [0.5, 0.6) is 11.5 Å². The number of nitrogens with zero attached hydrogens (tertiary/aromatic N) is 6. The van der Waals surface area contributed by atoms with Crippen LogP contribution < -0.4 is 14.4 Å². The number of carbonyl (C=O) groups excluding carboxylic acids is 3. The molecule has 3 amide bonds. The summed E-state index contributed by atoms with van der Waals surface area (Å²) in [5.74, 6) is -0.797. The second kappa shape index (κ2) is 11.8. The fraction of sp³-hybridized carbons (Fsp3) is 0.294. The molecule has 2 fully saturated rings. The van der Waals surface area contributed by atoms with Gasteiger partial charge in [-0.2, -0.15) is 10.2 Å². The quantitative estimate of drug-likeness (QED) is 0.344. The van der Waals surface area contributed by atoms with E-state index in [2.05, 4.69) is 16.4 Å². The van der Waals surface area contributed by atoms with Crippen molar-refractivity contribution in [2.45, 2.75) is 37.4 Å². The van der Waals surface area contributed by atoms with Crippen LogP contribution in [0.1, 0.15) is 36.4 Å². The molecule has 0 N–H and O–H groups in total. The highest BCUT2D eigenvalue weighted by molar-refractivity contribution is 6.25. The van der Waals surface area contributed by atoms with E-state index in [0.717, 1.165) is 58.4 Å². The van der Waals surface area contributed by atoms with E-state index in [1.807, 2.05) is 48.5 Å². The first-order valence-electron chi connectivity index (χ1n) is 15.1. The molecule has 0 aromatic heterocycles. The van der Waals surface area contributed by atoms with Gasteiger partial charge in [-0.15, -0.1) is 0 Å². The zero-order chi connectivity index (χ0) is 31.9. The Bertz CT molecular complexity index is 1790. The average molecular weight is 623 g/mol. The fourth-order valence-electron chi connectivity index (χ4n) is 6.68. The number of carbonyl (C=O) groups is 3. The average Bonchev–Trinajstić information content (AvgIpc) is 3.74. The minimum Gasteiger partial charge on any atom is -0.497 e. The molecule has 0 spiro atoms. The molecule has 1 saturated heterocycles. The summed E-state index contributed by atoms with van der Waals surface area (Å²) in [7, 11) is 3.23. The van der Waals surface area contributed by atoms with Gasteiger partial charge >= 0.3 is 0 Å². The van der Waals surface area contributed by atoms with Gasteiger partial charge in [0.2, 0.25) is 0 Å². The topological polar surface area (TPSA) is 116 Å². The van der Waals surface area contributed by atoms with E-state index in [9.17, 15) is 18.8 Å². The molecule has 4 aliphatic rings. The van der Waals surface area contributed by atoms with E-state index in [4.69, 9.17) is 14.6 Å². The molecule has 3 aromatic carbocycles. The number of amides is 3. The van der Waals surface area contributed by atoms with Crippen LogP contribution in [0, 0.1) is 11.7 Å². The predicted octanol–water partition coefficient (Wildman–Crippen LogP) is 4.96. The second-order valence-corrected chi connectivity index (χ2v) is 11.6. The van der Waals surface area contributed by atoms with Crippen LogP contribution in [0.15, 0.2) is 93.8 Å². The molecule has 0 unspecified atom stereocenters. The Kier molecular flexibility index (Phi) is 7.55. The number of imide groups is 1. The van der Waals surface area contributed by atoms with Crippen LogP contribution in [0.25, 0.3) is 6.08 Å². The third-order valence-corrected chi connectivity index (χ3v) is 8.89. The first-order chi connectivity index (χ1) is 22.4. The van der Waals surface area contributed by atoms with E-state index in [1.165, 1.54) is 28.2 Å². The van der Waals surface area contributed by atoms with Crippen LogP contribution in [0.2, 0.25) is 0 Å². The number of benzene rings is 3. The van der Waals surface area contributed by atoms with Crippen molar-refractivity contribution in [2.75, 3.05) is 25.7 Å². The minimum absolute atomic E-state index is 0.0540. The molecule has 1 aliphatic carbocycles. The molecule has 3 heterocycles. The van der Waals surface area contributed by atoms with Gasteiger partial charge in [-0.3, -0.25) is 19.4 Å². The van der Waals surface area contributed by atoms with E-state index < -0.39 is 41.7 Å². The standard InChI is InChI=1S/C34H31FN6O5/c1-45-25-13-9-20(10-14-25)17-22-5-3-8-27-29(22)37-41(31(27)21-11-15-26(46-2)16-12-21)28(42)19-39-32-30(36-38-39)33(43)40(34(32)44)24-7-4-6-23(35)18-24/h4,6-7,9-18,27,30-32H,3,5,8,19H2,1-2H3/b22-17+/t27-,30+,31+,32-/m1/s1. The largest absolute Gasteiger partial charge is 0.497 e. The van der Waals surface area contributed by atoms with Crippen molar-refractivity contribution < 1.29 is 28.2 Å². The molecule has 0 bridgehead atoms. The highest BCUT2D eigenvalue weighted by Crippen LogP contribution is 2.45. The number of hydrogen-bond donors (Lipinski definition) is 0. The lowest BCUT2D eigenvalue weighted by Gasteiger charge is -2.30. The van der Waals surface area contributed by atoms with E-state index in [-0.39, 0.29) is 18.2 Å². The fourth-order valence-corrected chi connectivity index (χ4v) is 6.68. The monoisotopic (exact) mass is 622 g/mol. The predicted molar refractivity (Wildman–Crippen MR) is 166 cm³/mol. The first kappa shape index (κ1) is 29.3. The van der Waals surface area contributed by atoms with E-state index in [0.29, 0.717) is 5.75 Å². The summed E-state index contributed by atoms with van der Waals surface area (Å²) in [6.07, 6.45) is 4.68. The van der Waals surface area contributed by atoms with Gasteiger partial charge in [-0.25, -0.2) is 14.3 Å². The van der Waals surface area contributed by atoms with Crippen LogP contribution in [-0.2, 0) is 14.4 Å². The Labute approximate surface area is 264 Å². The lowest BCUT2D eigenvalue weighted by atomic mass is 9.77. The van der Waals surface area contributed by atoms with Crippen LogP contribution in [-0.4, -0.2) is 66.3 Å². The van der Waals surface area contributed by atoms with Crippen molar-refractivity contribution in [1.29, 1.82) is 0 Å². The molecule has 7 rings (SSSR count). The van der Waals surface area contributed by atoms with Gasteiger partial charge < -0.3 is 9.47 Å². The summed E-state index contributed by atoms with van der Waals surface area (Å²) in [5.41, 5.74) is 3.91. The lowest BCUT2D eigenvalue weighted by Crippen LogP contribution is -2.45. The summed E-state index contributed by atoms with van der Waals surface area (Å²) in [5, 5.41) is 15.8. The van der Waals surface area contributed by atoms with E-state index >= 15 is 0 Å². The van der Waals surface area contributed by atoms with Crippen molar-refractivity contribution in [3.8, 4) is 11.5 Å². The van der Waals surface area contributed by atoms with Gasteiger partial charge in [-0.1, -0.05) is 35.6 Å². The maximum atomic E-state index is 14.1. The molecule has 234 valence electrons. The number of anilines is 1. The van der Waals surface area contributed by atoms with Crippen molar-refractivity contribution in [3.63, 3.8) is 0 Å². The maximum absolute atomic E-state index is 14.1. The molecular formula is C34H31FN6O5. The van der Waals surface area contributed by atoms with Crippen molar-refractivity contribution in [3.05, 3.63) is 95.3 Å². The molecule has 0 radical (unpaired) electrons. The number of rotatable bonds is 7. The summed E-state index contributed by atoms with van der Waals surface area (Å²) in [6.45, 7) is -0.325. The number of ether oxygens (including phenoxy) is 2. The third-order valence-electron chi connectivity index (χ3n) is 8.89. The van der Waals surface area contributed by atoms with Crippen molar-refractivity contribution >= 4 is 35.2 Å². The Morgan fingerprint density at radius 3 is 2.37 bits per heavy atom.